The summed E-state index contributed by atoms with van der Waals surface area (Å²) in [5.74, 6) is 0.727. The fraction of sp³-hybridized carbons (Fsp3) is 0.588. The van der Waals surface area contributed by atoms with E-state index >= 15 is 0 Å². The first kappa shape index (κ1) is 17.0. The summed E-state index contributed by atoms with van der Waals surface area (Å²) in [7, 11) is -3.19. The lowest BCUT2D eigenvalue weighted by Gasteiger charge is -2.31. The lowest BCUT2D eigenvalue weighted by atomic mass is 9.90. The smallest absolute Gasteiger partial charge is 0.219 e. The largest absolute Gasteiger partial charge is 0.343 e. The minimum atomic E-state index is -3.19. The second-order valence-electron chi connectivity index (χ2n) is 6.39. The summed E-state index contributed by atoms with van der Waals surface area (Å²) in [4.78, 5) is 13.6. The number of likely N-dealkylation sites (tertiary alicyclic amines) is 1. The summed E-state index contributed by atoms with van der Waals surface area (Å²) in [6.07, 6.45) is 2.99. The Morgan fingerprint density at radius 1 is 1.18 bits per heavy atom. The molecule has 0 unspecified atom stereocenters. The van der Waals surface area contributed by atoms with Gasteiger partial charge in [0.2, 0.25) is 5.91 Å². The van der Waals surface area contributed by atoms with Gasteiger partial charge in [0.25, 0.3) is 0 Å². The van der Waals surface area contributed by atoms with Gasteiger partial charge < -0.3 is 4.90 Å². The molecule has 0 aliphatic carbocycles. The Labute approximate surface area is 133 Å². The molecule has 1 aromatic carbocycles. The van der Waals surface area contributed by atoms with Gasteiger partial charge in [-0.25, -0.2) is 8.42 Å². The molecule has 1 aliphatic heterocycles. The summed E-state index contributed by atoms with van der Waals surface area (Å²) < 4.78 is 24.2. The molecular weight excluding hydrogens is 298 g/mol. The topological polar surface area (TPSA) is 54.5 Å². The molecule has 2 rings (SSSR count). The molecule has 0 aromatic heterocycles. The Hall–Kier alpha value is -1.36. The quantitative estimate of drug-likeness (QED) is 0.856. The number of rotatable bonds is 4. The van der Waals surface area contributed by atoms with Crippen LogP contribution < -0.4 is 0 Å². The average Bonchev–Trinajstić information content (AvgIpc) is 2.48. The maximum atomic E-state index is 12.1. The SMILES string of the molecule is CC(=O)N1CCC(Cc2ccc(S(=O)(=O)C(C)C)cc2)CC1. The molecule has 122 valence electrons. The summed E-state index contributed by atoms with van der Waals surface area (Å²) in [5, 5.41) is -0.394. The third kappa shape index (κ3) is 3.88. The highest BCUT2D eigenvalue weighted by Gasteiger charge is 2.22. The zero-order valence-corrected chi connectivity index (χ0v) is 14.4. The molecule has 22 heavy (non-hydrogen) atoms. The van der Waals surface area contributed by atoms with Crippen LogP contribution in [0.2, 0.25) is 0 Å². The molecule has 1 heterocycles. The maximum Gasteiger partial charge on any atom is 0.219 e. The molecule has 0 N–H and O–H groups in total. The van der Waals surface area contributed by atoms with Crippen LogP contribution in [0.4, 0.5) is 0 Å². The van der Waals surface area contributed by atoms with Crippen molar-refractivity contribution >= 4 is 15.7 Å². The van der Waals surface area contributed by atoms with Crippen LogP contribution in [-0.4, -0.2) is 37.6 Å². The number of nitrogens with zero attached hydrogens (tertiary/aromatic N) is 1. The van der Waals surface area contributed by atoms with E-state index in [0.717, 1.165) is 32.4 Å². The van der Waals surface area contributed by atoms with E-state index < -0.39 is 15.1 Å². The van der Waals surface area contributed by atoms with Crippen molar-refractivity contribution in [2.75, 3.05) is 13.1 Å². The van der Waals surface area contributed by atoms with Crippen LogP contribution in [0.1, 0.15) is 39.2 Å². The minimum Gasteiger partial charge on any atom is -0.343 e. The van der Waals surface area contributed by atoms with Crippen LogP contribution in [0, 0.1) is 5.92 Å². The van der Waals surface area contributed by atoms with Gasteiger partial charge in [-0.2, -0.15) is 0 Å². The third-order valence-corrected chi connectivity index (χ3v) is 6.63. The molecular formula is C17H25NO3S. The van der Waals surface area contributed by atoms with Crippen LogP contribution in [0.5, 0.6) is 0 Å². The number of piperidine rings is 1. The normalized spacial score (nSPS) is 17.0. The standard InChI is InChI=1S/C17H25NO3S/c1-13(2)22(20,21)17-6-4-15(5-7-17)12-16-8-10-18(11-9-16)14(3)19/h4-7,13,16H,8-12H2,1-3H3. The average molecular weight is 323 g/mol. The summed E-state index contributed by atoms with van der Waals surface area (Å²) in [6.45, 7) is 6.69. The van der Waals surface area contributed by atoms with Crippen molar-refractivity contribution in [3.05, 3.63) is 29.8 Å². The van der Waals surface area contributed by atoms with Crippen LogP contribution in [-0.2, 0) is 21.1 Å². The minimum absolute atomic E-state index is 0.154. The van der Waals surface area contributed by atoms with Crippen LogP contribution in [0.3, 0.4) is 0 Å². The summed E-state index contributed by atoms with van der Waals surface area (Å²) >= 11 is 0. The zero-order chi connectivity index (χ0) is 16.3. The maximum absolute atomic E-state index is 12.1. The molecule has 0 atom stereocenters. The highest BCUT2D eigenvalue weighted by Crippen LogP contribution is 2.23. The molecule has 1 saturated heterocycles. The van der Waals surface area contributed by atoms with Gasteiger partial charge >= 0.3 is 0 Å². The van der Waals surface area contributed by atoms with E-state index in [0.29, 0.717) is 10.8 Å². The molecule has 4 nitrogen and oxygen atoms in total. The molecule has 1 aromatic rings. The first-order valence-electron chi connectivity index (χ1n) is 7.89. The van der Waals surface area contributed by atoms with Gasteiger partial charge in [0.1, 0.15) is 0 Å². The second-order valence-corrected chi connectivity index (χ2v) is 8.90. The van der Waals surface area contributed by atoms with Gasteiger partial charge in [-0.3, -0.25) is 4.79 Å². The number of sulfone groups is 1. The summed E-state index contributed by atoms with van der Waals surface area (Å²) in [6, 6.07) is 7.28. The van der Waals surface area contributed by atoms with Crippen molar-refractivity contribution < 1.29 is 13.2 Å². The van der Waals surface area contributed by atoms with Gasteiger partial charge in [0.05, 0.1) is 10.1 Å². The second kappa shape index (κ2) is 6.82. The number of hydrogen-bond donors (Lipinski definition) is 0. The number of carbonyl (C=O) groups excluding carboxylic acids is 1. The van der Waals surface area contributed by atoms with Crippen molar-refractivity contribution in [1.29, 1.82) is 0 Å². The van der Waals surface area contributed by atoms with Crippen LogP contribution in [0.25, 0.3) is 0 Å². The van der Waals surface area contributed by atoms with E-state index in [1.165, 1.54) is 5.56 Å². The zero-order valence-electron chi connectivity index (χ0n) is 13.6. The Balaban J connectivity index is 1.97. The van der Waals surface area contributed by atoms with Crippen LogP contribution >= 0.6 is 0 Å². The van der Waals surface area contributed by atoms with E-state index in [1.807, 2.05) is 17.0 Å². The lowest BCUT2D eigenvalue weighted by Crippen LogP contribution is -2.37. The molecule has 0 spiro atoms. The highest BCUT2D eigenvalue weighted by molar-refractivity contribution is 7.92. The summed E-state index contributed by atoms with van der Waals surface area (Å²) in [5.41, 5.74) is 1.17. The molecule has 0 bridgehead atoms. The van der Waals surface area contributed by atoms with Gasteiger partial charge in [-0.15, -0.1) is 0 Å². The van der Waals surface area contributed by atoms with E-state index in [9.17, 15) is 13.2 Å². The van der Waals surface area contributed by atoms with E-state index in [2.05, 4.69) is 0 Å². The van der Waals surface area contributed by atoms with Crippen molar-refractivity contribution in [3.63, 3.8) is 0 Å². The van der Waals surface area contributed by atoms with Crippen molar-refractivity contribution in [3.8, 4) is 0 Å². The van der Waals surface area contributed by atoms with Crippen LogP contribution in [0.15, 0.2) is 29.2 Å². The Morgan fingerprint density at radius 3 is 2.18 bits per heavy atom. The highest BCUT2D eigenvalue weighted by atomic mass is 32.2. The van der Waals surface area contributed by atoms with Gasteiger partial charge in [0, 0.05) is 20.0 Å². The monoisotopic (exact) mass is 323 g/mol. The number of benzene rings is 1. The molecule has 1 aliphatic rings. The van der Waals surface area contributed by atoms with E-state index in [1.54, 1.807) is 32.9 Å². The number of hydrogen-bond acceptors (Lipinski definition) is 3. The molecule has 5 heteroatoms. The van der Waals surface area contributed by atoms with Crippen molar-refractivity contribution in [1.82, 2.24) is 4.90 Å². The molecule has 0 saturated carbocycles. The van der Waals surface area contributed by atoms with E-state index in [-0.39, 0.29) is 5.91 Å². The molecule has 1 amide bonds. The predicted molar refractivity (Wildman–Crippen MR) is 87.4 cm³/mol. The Morgan fingerprint density at radius 2 is 1.73 bits per heavy atom. The Kier molecular flexibility index (Phi) is 5.27. The first-order chi connectivity index (χ1) is 10.3. The first-order valence-corrected chi connectivity index (χ1v) is 9.43. The van der Waals surface area contributed by atoms with Gasteiger partial charge in [-0.1, -0.05) is 12.1 Å². The van der Waals surface area contributed by atoms with Crippen molar-refractivity contribution in [2.24, 2.45) is 5.92 Å². The van der Waals surface area contributed by atoms with Gasteiger partial charge in [-0.05, 0) is 56.7 Å². The predicted octanol–water partition coefficient (Wildman–Crippen LogP) is 2.67. The fourth-order valence-electron chi connectivity index (χ4n) is 2.87. The number of carbonyl (C=O) groups is 1. The Bertz CT molecular complexity index is 612. The fourth-order valence-corrected chi connectivity index (χ4v) is 3.93. The van der Waals surface area contributed by atoms with E-state index in [4.69, 9.17) is 0 Å². The third-order valence-electron chi connectivity index (χ3n) is 4.46. The molecule has 0 radical (unpaired) electrons. The van der Waals surface area contributed by atoms with Crippen molar-refractivity contribution in [2.45, 2.75) is 50.2 Å². The number of amides is 1. The molecule has 1 fully saturated rings. The lowest BCUT2D eigenvalue weighted by molar-refractivity contribution is -0.130. The van der Waals surface area contributed by atoms with Gasteiger partial charge in [0.15, 0.2) is 9.84 Å².